The molecule has 0 aromatic heterocycles. The number of hydrogen-bond donors (Lipinski definition) is 0. The highest BCUT2D eigenvalue weighted by atomic mass is 16.2. The summed E-state index contributed by atoms with van der Waals surface area (Å²) in [6.45, 7) is 2.06. The number of carbonyl (C=O) groups is 1. The first-order chi connectivity index (χ1) is 4.70. The van der Waals surface area contributed by atoms with Gasteiger partial charge in [0.25, 0.3) is 0 Å². The Bertz CT molecular complexity index is 172. The minimum absolute atomic E-state index is 0.233. The Morgan fingerprint density at radius 2 is 2.20 bits per heavy atom. The van der Waals surface area contributed by atoms with Crippen LogP contribution in [0, 0.1) is 0 Å². The monoisotopic (exact) mass is 139 g/mol. The molecule has 0 aliphatic carbocycles. The molecule has 10 heavy (non-hydrogen) atoms. The van der Waals surface area contributed by atoms with Crippen molar-refractivity contribution < 1.29 is 4.79 Å². The average Bonchev–Trinajstić information content (AvgIpc) is 1.96. The molecule has 1 rings (SSSR count). The Kier molecular flexibility index (Phi) is 2.10. The predicted octanol–water partition coefficient (Wildman–Crippen LogP) is 1.53. The van der Waals surface area contributed by atoms with Crippen molar-refractivity contribution in [2.45, 2.75) is 26.2 Å². The van der Waals surface area contributed by atoms with Crippen molar-refractivity contribution in [2.75, 3.05) is 7.05 Å². The lowest BCUT2D eigenvalue weighted by molar-refractivity contribution is -0.127. The van der Waals surface area contributed by atoms with Crippen LogP contribution in [0.25, 0.3) is 0 Å². The van der Waals surface area contributed by atoms with E-state index in [4.69, 9.17) is 0 Å². The molecule has 1 aliphatic heterocycles. The van der Waals surface area contributed by atoms with Gasteiger partial charge in [0.2, 0.25) is 5.91 Å². The van der Waals surface area contributed by atoms with Crippen molar-refractivity contribution in [3.63, 3.8) is 0 Å². The van der Waals surface area contributed by atoms with Gasteiger partial charge in [-0.1, -0.05) is 5.57 Å². The zero-order chi connectivity index (χ0) is 7.56. The van der Waals surface area contributed by atoms with Gasteiger partial charge in [-0.3, -0.25) is 4.79 Å². The van der Waals surface area contributed by atoms with Crippen molar-refractivity contribution in [1.29, 1.82) is 0 Å². The molecular weight excluding hydrogens is 126 g/mol. The molecule has 0 saturated carbocycles. The lowest BCUT2D eigenvalue weighted by Gasteiger charge is -2.08. The van der Waals surface area contributed by atoms with E-state index in [1.807, 2.05) is 13.2 Å². The number of amides is 1. The first kappa shape index (κ1) is 7.32. The SMILES string of the molecule is CC1=CN(C)C(=O)CCC1. The van der Waals surface area contributed by atoms with Gasteiger partial charge in [-0.2, -0.15) is 0 Å². The van der Waals surface area contributed by atoms with E-state index in [1.54, 1.807) is 4.90 Å². The van der Waals surface area contributed by atoms with E-state index < -0.39 is 0 Å². The van der Waals surface area contributed by atoms with Crippen molar-refractivity contribution in [1.82, 2.24) is 4.90 Å². The van der Waals surface area contributed by atoms with Crippen LogP contribution in [0.3, 0.4) is 0 Å². The molecule has 0 aromatic carbocycles. The third-order valence-electron chi connectivity index (χ3n) is 1.77. The van der Waals surface area contributed by atoms with Gasteiger partial charge in [0.1, 0.15) is 0 Å². The highest BCUT2D eigenvalue weighted by Crippen LogP contribution is 2.13. The van der Waals surface area contributed by atoms with Crippen LogP contribution in [0.4, 0.5) is 0 Å². The zero-order valence-electron chi connectivity index (χ0n) is 6.55. The molecule has 2 nitrogen and oxygen atoms in total. The van der Waals surface area contributed by atoms with E-state index in [0.29, 0.717) is 6.42 Å². The maximum Gasteiger partial charge on any atom is 0.226 e. The third kappa shape index (κ3) is 1.59. The van der Waals surface area contributed by atoms with Gasteiger partial charge in [0.05, 0.1) is 0 Å². The zero-order valence-corrected chi connectivity index (χ0v) is 6.55. The molecule has 2 heteroatoms. The van der Waals surface area contributed by atoms with E-state index in [9.17, 15) is 4.79 Å². The van der Waals surface area contributed by atoms with Gasteiger partial charge in [-0.25, -0.2) is 0 Å². The largest absolute Gasteiger partial charge is 0.322 e. The van der Waals surface area contributed by atoms with Crippen LogP contribution >= 0.6 is 0 Å². The first-order valence-electron chi connectivity index (χ1n) is 3.63. The van der Waals surface area contributed by atoms with Gasteiger partial charge in [0, 0.05) is 19.7 Å². The Hall–Kier alpha value is -0.790. The maximum atomic E-state index is 11.0. The molecule has 0 N–H and O–H groups in total. The Balaban J connectivity index is 2.68. The summed E-state index contributed by atoms with van der Waals surface area (Å²) in [6, 6.07) is 0. The van der Waals surface area contributed by atoms with Gasteiger partial charge in [-0.05, 0) is 19.8 Å². The van der Waals surface area contributed by atoms with Crippen molar-refractivity contribution >= 4 is 5.91 Å². The molecular formula is C8H13NO. The smallest absolute Gasteiger partial charge is 0.226 e. The van der Waals surface area contributed by atoms with E-state index in [2.05, 4.69) is 6.92 Å². The van der Waals surface area contributed by atoms with Gasteiger partial charge in [-0.15, -0.1) is 0 Å². The first-order valence-corrected chi connectivity index (χ1v) is 3.63. The quantitative estimate of drug-likeness (QED) is 0.498. The number of allylic oxidation sites excluding steroid dienone is 1. The van der Waals surface area contributed by atoms with Gasteiger partial charge < -0.3 is 4.90 Å². The van der Waals surface area contributed by atoms with E-state index in [0.717, 1.165) is 12.8 Å². The summed E-state index contributed by atoms with van der Waals surface area (Å²) in [5.41, 5.74) is 1.30. The van der Waals surface area contributed by atoms with E-state index in [-0.39, 0.29) is 5.91 Å². The number of rotatable bonds is 0. The Morgan fingerprint density at radius 3 is 2.90 bits per heavy atom. The lowest BCUT2D eigenvalue weighted by Crippen LogP contribution is -2.18. The highest BCUT2D eigenvalue weighted by molar-refractivity contribution is 5.77. The molecule has 0 bridgehead atoms. The fraction of sp³-hybridized carbons (Fsp3) is 0.625. The molecule has 1 heterocycles. The normalized spacial score (nSPS) is 20.4. The number of carbonyl (C=O) groups excluding carboxylic acids is 1. The number of hydrogen-bond acceptors (Lipinski definition) is 1. The molecule has 0 aromatic rings. The summed E-state index contributed by atoms with van der Waals surface area (Å²) in [6.07, 6.45) is 4.70. The van der Waals surface area contributed by atoms with Crippen LogP contribution in [0.1, 0.15) is 26.2 Å². The lowest BCUT2D eigenvalue weighted by atomic mass is 10.1. The van der Waals surface area contributed by atoms with Crippen molar-refractivity contribution in [2.24, 2.45) is 0 Å². The molecule has 0 atom stereocenters. The second-order valence-electron chi connectivity index (χ2n) is 2.83. The van der Waals surface area contributed by atoms with E-state index >= 15 is 0 Å². The highest BCUT2D eigenvalue weighted by Gasteiger charge is 2.09. The number of nitrogens with zero attached hydrogens (tertiary/aromatic N) is 1. The van der Waals surface area contributed by atoms with Crippen molar-refractivity contribution in [3.8, 4) is 0 Å². The minimum Gasteiger partial charge on any atom is -0.322 e. The van der Waals surface area contributed by atoms with E-state index in [1.165, 1.54) is 5.57 Å². The molecule has 1 amide bonds. The molecule has 0 radical (unpaired) electrons. The van der Waals surface area contributed by atoms with Crippen LogP contribution in [0.5, 0.6) is 0 Å². The van der Waals surface area contributed by atoms with Gasteiger partial charge in [0.15, 0.2) is 0 Å². The fourth-order valence-corrected chi connectivity index (χ4v) is 1.16. The average molecular weight is 139 g/mol. The summed E-state index contributed by atoms with van der Waals surface area (Å²) in [5.74, 6) is 0.233. The molecule has 1 aliphatic rings. The third-order valence-corrected chi connectivity index (χ3v) is 1.77. The Labute approximate surface area is 61.5 Å². The summed E-state index contributed by atoms with van der Waals surface area (Å²) >= 11 is 0. The Morgan fingerprint density at radius 1 is 1.50 bits per heavy atom. The minimum atomic E-state index is 0.233. The topological polar surface area (TPSA) is 20.3 Å². The standard InChI is InChI=1S/C8H13NO/c1-7-4-3-5-8(10)9(2)6-7/h6H,3-5H2,1-2H3. The predicted molar refractivity (Wildman–Crippen MR) is 40.4 cm³/mol. The molecule has 56 valence electrons. The van der Waals surface area contributed by atoms with Crippen LogP contribution in [-0.4, -0.2) is 17.9 Å². The molecule has 0 spiro atoms. The molecule has 0 fully saturated rings. The van der Waals surface area contributed by atoms with Gasteiger partial charge >= 0.3 is 0 Å². The van der Waals surface area contributed by atoms with Crippen molar-refractivity contribution in [3.05, 3.63) is 11.8 Å². The molecule has 0 saturated heterocycles. The van der Waals surface area contributed by atoms with Crippen LogP contribution in [0.2, 0.25) is 0 Å². The summed E-state index contributed by atoms with van der Waals surface area (Å²) in [5, 5.41) is 0. The summed E-state index contributed by atoms with van der Waals surface area (Å²) < 4.78 is 0. The fourth-order valence-electron chi connectivity index (χ4n) is 1.16. The van der Waals surface area contributed by atoms with Crippen LogP contribution < -0.4 is 0 Å². The second kappa shape index (κ2) is 2.86. The summed E-state index contributed by atoms with van der Waals surface area (Å²) in [4.78, 5) is 12.7. The summed E-state index contributed by atoms with van der Waals surface area (Å²) in [7, 11) is 1.82. The van der Waals surface area contributed by atoms with Crippen LogP contribution in [-0.2, 0) is 4.79 Å². The second-order valence-corrected chi connectivity index (χ2v) is 2.83. The van der Waals surface area contributed by atoms with Crippen LogP contribution in [0.15, 0.2) is 11.8 Å². The molecule has 0 unspecified atom stereocenters. The maximum absolute atomic E-state index is 11.0.